The highest BCUT2D eigenvalue weighted by Crippen LogP contribution is 2.49. The zero-order chi connectivity index (χ0) is 24.9. The molecular weight excluding hydrogens is 456 g/mol. The molecule has 1 spiro atoms. The molecule has 4 rings (SSSR count). The summed E-state index contributed by atoms with van der Waals surface area (Å²) in [6, 6.07) is 3.88. The number of sulfonamides is 1. The SMILES string of the molecule is Cc1cc(N(C)C(=O)OC(C)(C)C)cc(C)c1CC1(S(=O)(=O)N2CCC3(CC2)OCCO3)CC1. The molecule has 0 atom stereocenters. The molecule has 1 aromatic carbocycles. The Bertz CT molecular complexity index is 1020. The van der Waals surface area contributed by atoms with Gasteiger partial charge in [-0.3, -0.25) is 4.90 Å². The summed E-state index contributed by atoms with van der Waals surface area (Å²) in [5.74, 6) is -0.591. The van der Waals surface area contributed by atoms with Gasteiger partial charge in [-0.1, -0.05) is 0 Å². The van der Waals surface area contributed by atoms with Crippen LogP contribution in [0.2, 0.25) is 0 Å². The van der Waals surface area contributed by atoms with Crippen molar-refractivity contribution in [3.8, 4) is 0 Å². The van der Waals surface area contributed by atoms with E-state index in [-0.39, 0.29) is 0 Å². The molecule has 190 valence electrons. The number of ether oxygens (including phenoxy) is 3. The molecule has 34 heavy (non-hydrogen) atoms. The molecule has 0 radical (unpaired) electrons. The summed E-state index contributed by atoms with van der Waals surface area (Å²) in [6.07, 6.45) is 2.56. The van der Waals surface area contributed by atoms with Crippen molar-refractivity contribution in [3.05, 3.63) is 28.8 Å². The summed E-state index contributed by atoms with van der Waals surface area (Å²) in [7, 11) is -1.76. The van der Waals surface area contributed by atoms with E-state index in [0.29, 0.717) is 58.4 Å². The third-order valence-corrected chi connectivity index (χ3v) is 9.92. The van der Waals surface area contributed by atoms with Crippen LogP contribution in [0.4, 0.5) is 10.5 Å². The van der Waals surface area contributed by atoms with Gasteiger partial charge in [0.15, 0.2) is 5.79 Å². The van der Waals surface area contributed by atoms with Crippen LogP contribution in [0.25, 0.3) is 0 Å². The Morgan fingerprint density at radius 2 is 1.59 bits per heavy atom. The number of rotatable bonds is 5. The van der Waals surface area contributed by atoms with Gasteiger partial charge < -0.3 is 14.2 Å². The van der Waals surface area contributed by atoms with E-state index in [9.17, 15) is 13.2 Å². The fraction of sp³-hybridized carbons (Fsp3) is 0.720. The highest BCUT2D eigenvalue weighted by molar-refractivity contribution is 7.90. The lowest BCUT2D eigenvalue weighted by atomic mass is 9.96. The average molecular weight is 495 g/mol. The number of piperidine rings is 1. The predicted octanol–water partition coefficient (Wildman–Crippen LogP) is 3.92. The topological polar surface area (TPSA) is 85.4 Å². The standard InChI is InChI=1S/C25H38N2O6S/c1-18-15-20(26(6)22(28)33-23(3,4)5)16-19(2)21(18)17-24(7-8-24)34(29,30)27-11-9-25(10-12-27)31-13-14-32-25/h15-16H,7-14,17H2,1-6H3. The summed E-state index contributed by atoms with van der Waals surface area (Å²) >= 11 is 0. The number of amides is 1. The van der Waals surface area contributed by atoms with Gasteiger partial charge in [0.25, 0.3) is 0 Å². The van der Waals surface area contributed by atoms with Crippen LogP contribution in [0.15, 0.2) is 12.1 Å². The predicted molar refractivity (Wildman–Crippen MR) is 131 cm³/mol. The molecule has 2 aliphatic heterocycles. The summed E-state index contributed by atoms with van der Waals surface area (Å²) in [5, 5.41) is 0. The molecule has 1 aliphatic carbocycles. The number of aryl methyl sites for hydroxylation is 2. The Balaban J connectivity index is 1.49. The van der Waals surface area contributed by atoms with Crippen molar-refractivity contribution in [2.24, 2.45) is 0 Å². The number of hydrogen-bond acceptors (Lipinski definition) is 6. The lowest BCUT2D eigenvalue weighted by Gasteiger charge is -2.38. The van der Waals surface area contributed by atoms with Gasteiger partial charge in [-0.2, -0.15) is 0 Å². The van der Waals surface area contributed by atoms with E-state index in [0.717, 1.165) is 22.4 Å². The first-order chi connectivity index (χ1) is 15.8. The maximum absolute atomic E-state index is 13.7. The molecule has 8 nitrogen and oxygen atoms in total. The van der Waals surface area contributed by atoms with Gasteiger partial charge in [0.1, 0.15) is 5.60 Å². The summed E-state index contributed by atoms with van der Waals surface area (Å²) in [4.78, 5) is 14.0. The van der Waals surface area contributed by atoms with Gasteiger partial charge in [-0.15, -0.1) is 0 Å². The summed E-state index contributed by atoms with van der Waals surface area (Å²) in [6.45, 7) is 11.5. The van der Waals surface area contributed by atoms with Crippen LogP contribution in [0.3, 0.4) is 0 Å². The summed E-state index contributed by atoms with van der Waals surface area (Å²) < 4.78 is 45.3. The Hall–Kier alpha value is -1.68. The molecule has 3 fully saturated rings. The minimum absolute atomic E-state index is 0.418. The van der Waals surface area contributed by atoms with E-state index in [2.05, 4.69) is 0 Å². The maximum Gasteiger partial charge on any atom is 0.414 e. The Morgan fingerprint density at radius 3 is 2.06 bits per heavy atom. The maximum atomic E-state index is 13.7. The largest absolute Gasteiger partial charge is 0.443 e. The molecule has 1 amide bonds. The Kier molecular flexibility index (Phi) is 6.55. The first-order valence-electron chi connectivity index (χ1n) is 12.1. The van der Waals surface area contributed by atoms with Gasteiger partial charge in [0.05, 0.1) is 18.0 Å². The molecule has 3 aliphatic rings. The van der Waals surface area contributed by atoms with Crippen molar-refractivity contribution in [1.82, 2.24) is 4.31 Å². The minimum Gasteiger partial charge on any atom is -0.443 e. The monoisotopic (exact) mass is 494 g/mol. The van der Waals surface area contributed by atoms with Crippen molar-refractivity contribution in [2.75, 3.05) is 38.3 Å². The third-order valence-electron chi connectivity index (χ3n) is 7.23. The van der Waals surface area contributed by atoms with Gasteiger partial charge in [0, 0.05) is 38.7 Å². The number of benzene rings is 1. The van der Waals surface area contributed by atoms with Gasteiger partial charge in [-0.25, -0.2) is 17.5 Å². The van der Waals surface area contributed by atoms with Crippen LogP contribution in [-0.2, 0) is 30.7 Å². The number of anilines is 1. The zero-order valence-corrected chi connectivity index (χ0v) is 22.1. The molecule has 2 heterocycles. The third kappa shape index (κ3) is 4.85. The van der Waals surface area contributed by atoms with Crippen LogP contribution in [-0.4, -0.2) is 68.3 Å². The molecule has 1 aromatic rings. The summed E-state index contributed by atoms with van der Waals surface area (Å²) in [5.41, 5.74) is 3.16. The van der Waals surface area contributed by atoms with E-state index in [1.165, 1.54) is 4.90 Å². The highest BCUT2D eigenvalue weighted by Gasteiger charge is 2.58. The number of carbonyl (C=O) groups is 1. The molecule has 0 N–H and O–H groups in total. The molecule has 2 saturated heterocycles. The molecule has 1 saturated carbocycles. The Labute approximate surface area is 203 Å². The number of hydrogen-bond donors (Lipinski definition) is 0. The van der Waals surface area contributed by atoms with Crippen LogP contribution < -0.4 is 4.90 Å². The lowest BCUT2D eigenvalue weighted by molar-refractivity contribution is -0.179. The zero-order valence-electron chi connectivity index (χ0n) is 21.3. The van der Waals surface area contributed by atoms with Crippen LogP contribution in [0.5, 0.6) is 0 Å². The average Bonchev–Trinajstić information content (AvgIpc) is 3.42. The normalized spacial score (nSPS) is 22.1. The van der Waals surface area contributed by atoms with Crippen molar-refractivity contribution in [1.29, 1.82) is 0 Å². The van der Waals surface area contributed by atoms with Crippen LogP contribution in [0.1, 0.15) is 63.1 Å². The van der Waals surface area contributed by atoms with Crippen molar-refractivity contribution in [2.45, 2.75) is 82.9 Å². The molecule has 0 unspecified atom stereocenters. The van der Waals surface area contributed by atoms with Crippen molar-refractivity contribution < 1.29 is 27.4 Å². The number of carbonyl (C=O) groups excluding carboxylic acids is 1. The van der Waals surface area contributed by atoms with Crippen LogP contribution in [0, 0.1) is 13.8 Å². The second-order valence-electron chi connectivity index (χ2n) is 11.0. The minimum atomic E-state index is -3.45. The first kappa shape index (κ1) is 25.4. The molecule has 0 bridgehead atoms. The smallest absolute Gasteiger partial charge is 0.414 e. The number of nitrogens with zero attached hydrogens (tertiary/aromatic N) is 2. The quantitative estimate of drug-likeness (QED) is 0.617. The molecule has 0 aromatic heterocycles. The van der Waals surface area contributed by atoms with E-state index in [1.54, 1.807) is 11.4 Å². The van der Waals surface area contributed by atoms with Gasteiger partial charge >= 0.3 is 6.09 Å². The van der Waals surface area contributed by atoms with E-state index < -0.39 is 32.3 Å². The molecule has 9 heteroatoms. The van der Waals surface area contributed by atoms with Crippen LogP contribution >= 0.6 is 0 Å². The van der Waals surface area contributed by atoms with Crippen molar-refractivity contribution in [3.63, 3.8) is 0 Å². The fourth-order valence-corrected chi connectivity index (χ4v) is 7.15. The second-order valence-corrected chi connectivity index (χ2v) is 13.3. The van der Waals surface area contributed by atoms with Gasteiger partial charge in [0.2, 0.25) is 10.0 Å². The Morgan fingerprint density at radius 1 is 1.06 bits per heavy atom. The lowest BCUT2D eigenvalue weighted by Crippen LogP contribution is -2.50. The highest BCUT2D eigenvalue weighted by atomic mass is 32.2. The van der Waals surface area contributed by atoms with E-state index >= 15 is 0 Å². The van der Waals surface area contributed by atoms with Crippen molar-refractivity contribution >= 4 is 21.8 Å². The fourth-order valence-electron chi connectivity index (χ4n) is 4.99. The van der Waals surface area contributed by atoms with Gasteiger partial charge in [-0.05, 0) is 82.7 Å². The second kappa shape index (κ2) is 8.76. The van der Waals surface area contributed by atoms with E-state index in [4.69, 9.17) is 14.2 Å². The van der Waals surface area contributed by atoms with E-state index in [1.807, 2.05) is 46.8 Å². The first-order valence-corrected chi connectivity index (χ1v) is 13.6. The molecular formula is C25H38N2O6S.